The van der Waals surface area contributed by atoms with Crippen LogP contribution in [0.1, 0.15) is 29.6 Å². The van der Waals surface area contributed by atoms with Crippen LogP contribution in [0.2, 0.25) is 0 Å². The van der Waals surface area contributed by atoms with Crippen LogP contribution >= 0.6 is 0 Å². The van der Waals surface area contributed by atoms with Gasteiger partial charge in [0.05, 0.1) is 16.9 Å². The van der Waals surface area contributed by atoms with E-state index in [1.165, 1.54) is 7.05 Å². The fourth-order valence-corrected chi connectivity index (χ4v) is 3.74. The Hall–Kier alpha value is -1.60. The van der Waals surface area contributed by atoms with Crippen molar-refractivity contribution < 1.29 is 17.9 Å². The van der Waals surface area contributed by atoms with E-state index < -0.39 is 15.3 Å². The zero-order chi connectivity index (χ0) is 15.7. The minimum Gasteiger partial charge on any atom is -0.490 e. The van der Waals surface area contributed by atoms with Crippen molar-refractivity contribution in [3.05, 3.63) is 29.8 Å². The summed E-state index contributed by atoms with van der Waals surface area (Å²) in [7, 11) is -1.94. The summed E-state index contributed by atoms with van der Waals surface area (Å²) in [5, 5.41) is -0.544. The highest BCUT2D eigenvalue weighted by atomic mass is 32.2. The van der Waals surface area contributed by atoms with Gasteiger partial charge >= 0.3 is 0 Å². The van der Waals surface area contributed by atoms with Gasteiger partial charge in [0, 0.05) is 13.1 Å². The van der Waals surface area contributed by atoms with Gasteiger partial charge in [0.25, 0.3) is 5.91 Å². The molecule has 1 heterocycles. The molecule has 0 aromatic heterocycles. The van der Waals surface area contributed by atoms with Gasteiger partial charge in [0.15, 0.2) is 0 Å². The number of hydrogen-bond acceptors (Lipinski definition) is 4. The molecule has 3 rings (SSSR count). The number of carbonyl (C=O) groups is 1. The van der Waals surface area contributed by atoms with E-state index in [0.717, 1.165) is 12.8 Å². The molecular formula is C15H20N2O4S. The molecule has 1 aliphatic carbocycles. The number of carbonyl (C=O) groups excluding carboxylic acids is 1. The number of nitrogens with one attached hydrogen (secondary N) is 1. The third-order valence-electron chi connectivity index (χ3n) is 4.09. The predicted octanol–water partition coefficient (Wildman–Crippen LogP) is 0.991. The number of amides is 1. The number of hydrogen-bond donors (Lipinski definition) is 1. The number of sulfonamides is 1. The molecule has 1 aromatic carbocycles. The van der Waals surface area contributed by atoms with Crippen LogP contribution in [0.5, 0.6) is 5.75 Å². The van der Waals surface area contributed by atoms with Gasteiger partial charge in [-0.15, -0.1) is 0 Å². The molecule has 7 heteroatoms. The fraction of sp³-hybridized carbons (Fsp3) is 0.533. The van der Waals surface area contributed by atoms with E-state index in [1.807, 2.05) is 6.07 Å². The SMILES string of the molecule is CNS(=O)(=O)C1CCN(C(=O)c2ccccc2OC2CC2)C1. The Kier molecular flexibility index (Phi) is 4.10. The summed E-state index contributed by atoms with van der Waals surface area (Å²) in [6.07, 6.45) is 2.72. The first-order chi connectivity index (χ1) is 10.5. The van der Waals surface area contributed by atoms with Crippen molar-refractivity contribution in [2.24, 2.45) is 0 Å². The third-order valence-corrected chi connectivity index (χ3v) is 5.92. The minimum absolute atomic E-state index is 0.162. The molecule has 1 aliphatic heterocycles. The van der Waals surface area contributed by atoms with Crippen LogP contribution in [0, 0.1) is 0 Å². The van der Waals surface area contributed by atoms with E-state index in [4.69, 9.17) is 4.74 Å². The Morgan fingerprint density at radius 3 is 2.68 bits per heavy atom. The van der Waals surface area contributed by atoms with Crippen LogP contribution in [0.15, 0.2) is 24.3 Å². The second-order valence-corrected chi connectivity index (χ2v) is 7.89. The van der Waals surface area contributed by atoms with Crippen molar-refractivity contribution >= 4 is 15.9 Å². The second kappa shape index (κ2) is 5.89. The van der Waals surface area contributed by atoms with E-state index in [0.29, 0.717) is 24.3 Å². The highest BCUT2D eigenvalue weighted by Crippen LogP contribution is 2.30. The number of nitrogens with zero attached hydrogens (tertiary/aromatic N) is 1. The van der Waals surface area contributed by atoms with Gasteiger partial charge in [-0.1, -0.05) is 12.1 Å². The second-order valence-electron chi connectivity index (χ2n) is 5.72. The Labute approximate surface area is 130 Å². The van der Waals surface area contributed by atoms with E-state index in [1.54, 1.807) is 23.1 Å². The maximum Gasteiger partial charge on any atom is 0.257 e. The number of likely N-dealkylation sites (tertiary alicyclic amines) is 1. The minimum atomic E-state index is -3.34. The van der Waals surface area contributed by atoms with Gasteiger partial charge in [0.1, 0.15) is 5.75 Å². The van der Waals surface area contributed by atoms with Gasteiger partial charge < -0.3 is 9.64 Å². The summed E-state index contributed by atoms with van der Waals surface area (Å²) in [6, 6.07) is 7.17. The lowest BCUT2D eigenvalue weighted by Gasteiger charge is -2.18. The summed E-state index contributed by atoms with van der Waals surface area (Å²) in [4.78, 5) is 14.3. The summed E-state index contributed by atoms with van der Waals surface area (Å²) in [5.74, 6) is 0.431. The van der Waals surface area contributed by atoms with Crippen LogP contribution in [0.25, 0.3) is 0 Å². The molecule has 1 atom stereocenters. The van der Waals surface area contributed by atoms with Crippen LogP contribution < -0.4 is 9.46 Å². The van der Waals surface area contributed by atoms with Gasteiger partial charge in [0.2, 0.25) is 10.0 Å². The average Bonchev–Trinajstić information content (AvgIpc) is 3.18. The molecule has 1 aromatic rings. The van der Waals surface area contributed by atoms with Crippen molar-refractivity contribution in [3.8, 4) is 5.75 Å². The van der Waals surface area contributed by atoms with E-state index in [9.17, 15) is 13.2 Å². The first-order valence-corrected chi connectivity index (χ1v) is 9.03. The summed E-state index contributed by atoms with van der Waals surface area (Å²) < 4.78 is 31.8. The standard InChI is InChI=1S/C15H20N2O4S/c1-16-22(19,20)12-8-9-17(10-12)15(18)13-4-2-3-5-14(13)21-11-6-7-11/h2-5,11-12,16H,6-10H2,1H3. The van der Waals surface area contributed by atoms with Crippen LogP contribution in [0.4, 0.5) is 0 Å². The Morgan fingerprint density at radius 2 is 2.00 bits per heavy atom. The van der Waals surface area contributed by atoms with Crippen LogP contribution in [-0.4, -0.2) is 50.7 Å². The van der Waals surface area contributed by atoms with Gasteiger partial charge in [-0.05, 0) is 38.4 Å². The molecule has 0 bridgehead atoms. The molecule has 1 N–H and O–H groups in total. The van der Waals surface area contributed by atoms with Gasteiger partial charge in [-0.3, -0.25) is 4.79 Å². The first kappa shape index (κ1) is 15.3. The van der Waals surface area contributed by atoms with E-state index in [-0.39, 0.29) is 18.6 Å². The number of ether oxygens (including phenoxy) is 1. The lowest BCUT2D eigenvalue weighted by Crippen LogP contribution is -2.36. The van der Waals surface area contributed by atoms with Crippen molar-refractivity contribution in [2.45, 2.75) is 30.6 Å². The molecule has 1 amide bonds. The monoisotopic (exact) mass is 324 g/mol. The number of rotatable bonds is 5. The molecule has 2 fully saturated rings. The van der Waals surface area contributed by atoms with Crippen molar-refractivity contribution in [3.63, 3.8) is 0 Å². The van der Waals surface area contributed by atoms with Crippen molar-refractivity contribution in [1.29, 1.82) is 0 Å². The number of para-hydroxylation sites is 1. The molecule has 1 saturated heterocycles. The zero-order valence-electron chi connectivity index (χ0n) is 12.5. The maximum atomic E-state index is 12.7. The number of benzene rings is 1. The zero-order valence-corrected chi connectivity index (χ0v) is 13.3. The molecule has 1 saturated carbocycles. The molecule has 6 nitrogen and oxygen atoms in total. The average molecular weight is 324 g/mol. The Morgan fingerprint density at radius 1 is 1.27 bits per heavy atom. The highest BCUT2D eigenvalue weighted by Gasteiger charge is 2.35. The highest BCUT2D eigenvalue weighted by molar-refractivity contribution is 7.90. The molecule has 120 valence electrons. The molecular weight excluding hydrogens is 304 g/mol. The topological polar surface area (TPSA) is 75.7 Å². The van der Waals surface area contributed by atoms with E-state index >= 15 is 0 Å². The molecule has 0 spiro atoms. The van der Waals surface area contributed by atoms with Crippen LogP contribution in [0.3, 0.4) is 0 Å². The lowest BCUT2D eigenvalue weighted by molar-refractivity contribution is 0.0788. The maximum absolute atomic E-state index is 12.7. The Bertz CT molecular complexity index is 670. The quantitative estimate of drug-likeness (QED) is 0.876. The van der Waals surface area contributed by atoms with Gasteiger partial charge in [-0.2, -0.15) is 0 Å². The lowest BCUT2D eigenvalue weighted by atomic mass is 10.2. The summed E-state index contributed by atoms with van der Waals surface area (Å²) >= 11 is 0. The molecule has 22 heavy (non-hydrogen) atoms. The fourth-order valence-electron chi connectivity index (χ4n) is 2.61. The Balaban J connectivity index is 1.75. The first-order valence-electron chi connectivity index (χ1n) is 7.48. The largest absolute Gasteiger partial charge is 0.490 e. The van der Waals surface area contributed by atoms with Crippen molar-refractivity contribution in [1.82, 2.24) is 9.62 Å². The predicted molar refractivity (Wildman–Crippen MR) is 82.4 cm³/mol. The summed E-state index contributed by atoms with van der Waals surface area (Å²) in [6.45, 7) is 0.669. The van der Waals surface area contributed by atoms with Crippen LogP contribution in [-0.2, 0) is 10.0 Å². The van der Waals surface area contributed by atoms with E-state index in [2.05, 4.69) is 4.72 Å². The van der Waals surface area contributed by atoms with Crippen molar-refractivity contribution in [2.75, 3.05) is 20.1 Å². The molecule has 0 radical (unpaired) electrons. The molecule has 2 aliphatic rings. The summed E-state index contributed by atoms with van der Waals surface area (Å²) in [5.41, 5.74) is 0.511. The van der Waals surface area contributed by atoms with Gasteiger partial charge in [-0.25, -0.2) is 13.1 Å². The smallest absolute Gasteiger partial charge is 0.257 e. The normalized spacial score (nSPS) is 21.9. The molecule has 1 unspecified atom stereocenters. The third kappa shape index (κ3) is 3.10.